The first kappa shape index (κ1) is 12.7. The fourth-order valence-corrected chi connectivity index (χ4v) is 3.70. The van der Waals surface area contributed by atoms with Crippen LogP contribution in [0.2, 0.25) is 0 Å². The maximum absolute atomic E-state index is 5.28. The average Bonchev–Trinajstić information content (AvgIpc) is 2.74. The molecule has 1 nitrogen and oxygen atoms in total. The van der Waals surface area contributed by atoms with E-state index in [1.165, 1.54) is 22.3 Å². The number of thiophene rings is 1. The van der Waals surface area contributed by atoms with Crippen molar-refractivity contribution >= 4 is 27.3 Å². The minimum atomic E-state index is 0.262. The number of halogens is 1. The molecule has 2 rings (SSSR count). The first-order valence-corrected chi connectivity index (χ1v) is 7.30. The Kier molecular flexibility index (Phi) is 3.89. The summed E-state index contributed by atoms with van der Waals surface area (Å²) in [5.74, 6) is 0.940. The van der Waals surface area contributed by atoms with Crippen molar-refractivity contribution in [3.63, 3.8) is 0 Å². The molecule has 2 aromatic rings. The van der Waals surface area contributed by atoms with Crippen LogP contribution >= 0.6 is 27.3 Å². The lowest BCUT2D eigenvalue weighted by molar-refractivity contribution is 0.411. The van der Waals surface area contributed by atoms with Crippen LogP contribution in [0.15, 0.2) is 29.0 Å². The van der Waals surface area contributed by atoms with E-state index in [0.717, 1.165) is 5.75 Å². The first-order chi connectivity index (χ1) is 8.13. The molecular formula is C14H15BrOS. The topological polar surface area (TPSA) is 9.23 Å². The van der Waals surface area contributed by atoms with Gasteiger partial charge in [-0.25, -0.2) is 0 Å². The van der Waals surface area contributed by atoms with Gasteiger partial charge in [0.1, 0.15) is 5.75 Å². The van der Waals surface area contributed by atoms with Crippen LogP contribution in [0.4, 0.5) is 0 Å². The molecule has 1 aromatic heterocycles. The fourth-order valence-electron chi connectivity index (χ4n) is 1.87. The van der Waals surface area contributed by atoms with E-state index in [1.54, 1.807) is 18.4 Å². The van der Waals surface area contributed by atoms with Crippen molar-refractivity contribution in [3.05, 3.63) is 51.2 Å². The standard InChI is InChI=1S/C14H15BrOS/c1-9-6-11(4-5-13(9)16-3)14(15)12-8-17-7-10(12)2/h4-8,14H,1-3H3. The van der Waals surface area contributed by atoms with Crippen molar-refractivity contribution in [1.29, 1.82) is 0 Å². The number of hydrogen-bond donors (Lipinski definition) is 0. The molecule has 1 heterocycles. The van der Waals surface area contributed by atoms with Crippen molar-refractivity contribution in [1.82, 2.24) is 0 Å². The lowest BCUT2D eigenvalue weighted by Gasteiger charge is -2.13. The van der Waals surface area contributed by atoms with Crippen LogP contribution < -0.4 is 4.74 Å². The molecular weight excluding hydrogens is 296 g/mol. The number of ether oxygens (including phenoxy) is 1. The lowest BCUT2D eigenvalue weighted by Crippen LogP contribution is -1.95. The molecule has 0 fully saturated rings. The Morgan fingerprint density at radius 2 is 1.94 bits per heavy atom. The van der Waals surface area contributed by atoms with E-state index in [0.29, 0.717) is 0 Å². The van der Waals surface area contributed by atoms with E-state index in [-0.39, 0.29) is 4.83 Å². The average molecular weight is 311 g/mol. The van der Waals surface area contributed by atoms with Gasteiger partial charge in [-0.2, -0.15) is 11.3 Å². The Morgan fingerprint density at radius 1 is 1.18 bits per heavy atom. The summed E-state index contributed by atoms with van der Waals surface area (Å²) in [5.41, 5.74) is 5.12. The van der Waals surface area contributed by atoms with Crippen LogP contribution in [0, 0.1) is 13.8 Å². The Labute approximate surface area is 115 Å². The highest BCUT2D eigenvalue weighted by atomic mass is 79.9. The van der Waals surface area contributed by atoms with Gasteiger partial charge in [0, 0.05) is 0 Å². The maximum atomic E-state index is 5.28. The van der Waals surface area contributed by atoms with Gasteiger partial charge >= 0.3 is 0 Å². The Hall–Kier alpha value is -0.800. The molecule has 0 amide bonds. The van der Waals surface area contributed by atoms with E-state index in [1.807, 2.05) is 6.07 Å². The third-order valence-corrected chi connectivity index (χ3v) is 4.78. The summed E-state index contributed by atoms with van der Waals surface area (Å²) >= 11 is 5.52. The van der Waals surface area contributed by atoms with Crippen LogP contribution in [0.3, 0.4) is 0 Å². The van der Waals surface area contributed by atoms with Crippen molar-refractivity contribution in [2.24, 2.45) is 0 Å². The SMILES string of the molecule is COc1ccc(C(Br)c2cscc2C)cc1C. The zero-order chi connectivity index (χ0) is 12.4. The molecule has 90 valence electrons. The molecule has 0 N–H and O–H groups in total. The summed E-state index contributed by atoms with van der Waals surface area (Å²) in [6, 6.07) is 6.32. The number of hydrogen-bond acceptors (Lipinski definition) is 2. The number of rotatable bonds is 3. The van der Waals surface area contributed by atoms with E-state index in [2.05, 4.69) is 52.7 Å². The van der Waals surface area contributed by atoms with E-state index < -0.39 is 0 Å². The highest BCUT2D eigenvalue weighted by Gasteiger charge is 2.14. The Balaban J connectivity index is 2.35. The zero-order valence-corrected chi connectivity index (χ0v) is 12.6. The summed E-state index contributed by atoms with van der Waals surface area (Å²) in [4.78, 5) is 0.262. The molecule has 0 spiro atoms. The molecule has 1 atom stereocenters. The number of alkyl halides is 1. The molecule has 1 unspecified atom stereocenters. The van der Waals surface area contributed by atoms with E-state index >= 15 is 0 Å². The van der Waals surface area contributed by atoms with Gasteiger partial charge in [-0.15, -0.1) is 0 Å². The summed E-state index contributed by atoms with van der Waals surface area (Å²) in [6.07, 6.45) is 0. The minimum absolute atomic E-state index is 0.262. The van der Waals surface area contributed by atoms with Gasteiger partial charge in [0.15, 0.2) is 0 Å². The van der Waals surface area contributed by atoms with Crippen molar-refractivity contribution in [2.45, 2.75) is 18.7 Å². The lowest BCUT2D eigenvalue weighted by atomic mass is 10.0. The van der Waals surface area contributed by atoms with Gasteiger partial charge < -0.3 is 4.74 Å². The number of aryl methyl sites for hydroxylation is 2. The van der Waals surface area contributed by atoms with Crippen LogP contribution in [0.1, 0.15) is 27.1 Å². The van der Waals surface area contributed by atoms with Gasteiger partial charge in [-0.05, 0) is 52.9 Å². The van der Waals surface area contributed by atoms with Gasteiger partial charge in [0.2, 0.25) is 0 Å². The van der Waals surface area contributed by atoms with Crippen molar-refractivity contribution in [3.8, 4) is 5.75 Å². The Bertz CT molecular complexity index is 519. The van der Waals surface area contributed by atoms with Crippen LogP contribution in [0.25, 0.3) is 0 Å². The van der Waals surface area contributed by atoms with Gasteiger partial charge in [0.05, 0.1) is 11.9 Å². The summed E-state index contributed by atoms with van der Waals surface area (Å²) in [5, 5.41) is 4.38. The van der Waals surface area contributed by atoms with Crippen molar-refractivity contribution < 1.29 is 4.74 Å². The molecule has 0 aliphatic rings. The summed E-state index contributed by atoms with van der Waals surface area (Å²) < 4.78 is 5.28. The quantitative estimate of drug-likeness (QED) is 0.736. The highest BCUT2D eigenvalue weighted by molar-refractivity contribution is 9.09. The number of benzene rings is 1. The molecule has 0 radical (unpaired) electrons. The fraction of sp³-hybridized carbons (Fsp3) is 0.286. The van der Waals surface area contributed by atoms with Gasteiger partial charge in [0.25, 0.3) is 0 Å². The molecule has 3 heteroatoms. The molecule has 0 bridgehead atoms. The maximum Gasteiger partial charge on any atom is 0.121 e. The monoisotopic (exact) mass is 310 g/mol. The summed E-state index contributed by atoms with van der Waals surface area (Å²) in [6.45, 7) is 4.22. The van der Waals surface area contributed by atoms with Crippen LogP contribution in [0.5, 0.6) is 5.75 Å². The molecule has 17 heavy (non-hydrogen) atoms. The van der Waals surface area contributed by atoms with E-state index in [4.69, 9.17) is 4.74 Å². The predicted octanol–water partition coefficient (Wildman–Crippen LogP) is 4.86. The third-order valence-electron chi connectivity index (χ3n) is 2.88. The van der Waals surface area contributed by atoms with Gasteiger partial charge in [-0.1, -0.05) is 28.1 Å². The smallest absolute Gasteiger partial charge is 0.121 e. The highest BCUT2D eigenvalue weighted by Crippen LogP contribution is 2.36. The second-order valence-electron chi connectivity index (χ2n) is 4.10. The van der Waals surface area contributed by atoms with E-state index in [9.17, 15) is 0 Å². The normalized spacial score (nSPS) is 12.5. The molecule has 0 aliphatic heterocycles. The molecule has 1 aromatic carbocycles. The summed E-state index contributed by atoms with van der Waals surface area (Å²) in [7, 11) is 1.71. The Morgan fingerprint density at radius 3 is 2.47 bits per heavy atom. The number of methoxy groups -OCH3 is 1. The largest absolute Gasteiger partial charge is 0.496 e. The predicted molar refractivity (Wildman–Crippen MR) is 77.6 cm³/mol. The minimum Gasteiger partial charge on any atom is -0.496 e. The first-order valence-electron chi connectivity index (χ1n) is 5.44. The molecule has 0 saturated heterocycles. The van der Waals surface area contributed by atoms with Gasteiger partial charge in [-0.3, -0.25) is 0 Å². The third kappa shape index (κ3) is 2.55. The molecule has 0 saturated carbocycles. The molecule has 0 aliphatic carbocycles. The van der Waals surface area contributed by atoms with Crippen LogP contribution in [-0.4, -0.2) is 7.11 Å². The zero-order valence-electron chi connectivity index (χ0n) is 10.2. The second kappa shape index (κ2) is 5.23. The van der Waals surface area contributed by atoms with Crippen LogP contribution in [-0.2, 0) is 0 Å². The second-order valence-corrected chi connectivity index (χ2v) is 5.76. The van der Waals surface area contributed by atoms with Crippen molar-refractivity contribution in [2.75, 3.05) is 7.11 Å².